The van der Waals surface area contributed by atoms with Crippen LogP contribution in [0, 0.1) is 30.9 Å². The van der Waals surface area contributed by atoms with E-state index in [9.17, 15) is 14.9 Å². The van der Waals surface area contributed by atoms with E-state index in [2.05, 4.69) is 10.4 Å². The van der Waals surface area contributed by atoms with Crippen molar-refractivity contribution in [1.82, 2.24) is 9.78 Å². The van der Waals surface area contributed by atoms with Crippen molar-refractivity contribution in [3.05, 3.63) is 50.3 Å². The third kappa shape index (κ3) is 3.91. The summed E-state index contributed by atoms with van der Waals surface area (Å²) in [5, 5.41) is 18.6. The predicted octanol–water partition coefficient (Wildman–Crippen LogP) is 3.79. The summed E-state index contributed by atoms with van der Waals surface area (Å²) >= 11 is 6.02. The highest BCUT2D eigenvalue weighted by atomic mass is 35.5. The Bertz CT molecular complexity index is 786. The van der Waals surface area contributed by atoms with Crippen molar-refractivity contribution < 1.29 is 9.72 Å². The second-order valence-corrected chi connectivity index (χ2v) is 5.97. The molecule has 1 aromatic heterocycles. The zero-order valence-electron chi connectivity index (χ0n) is 13.8. The van der Waals surface area contributed by atoms with Crippen LogP contribution in [0.1, 0.15) is 29.8 Å². The van der Waals surface area contributed by atoms with Gasteiger partial charge in [0.25, 0.3) is 0 Å². The van der Waals surface area contributed by atoms with Gasteiger partial charge < -0.3 is 5.32 Å². The molecule has 0 bridgehead atoms. The van der Waals surface area contributed by atoms with Crippen molar-refractivity contribution in [3.8, 4) is 0 Å². The number of carbonyl (C=O) groups excluding carboxylic acids is 1. The van der Waals surface area contributed by atoms with Gasteiger partial charge in [-0.25, -0.2) is 0 Å². The molecule has 1 heterocycles. The maximum atomic E-state index is 12.0. The van der Waals surface area contributed by atoms with Crippen molar-refractivity contribution in [2.45, 2.75) is 40.2 Å². The minimum atomic E-state index is -0.428. The number of nitrogens with zero attached hydrogens (tertiary/aromatic N) is 3. The molecule has 8 heteroatoms. The molecule has 0 fully saturated rings. The number of nitrogens with one attached hydrogen (secondary N) is 1. The molecule has 0 aliphatic heterocycles. The molecule has 7 nitrogen and oxygen atoms in total. The van der Waals surface area contributed by atoms with Crippen molar-refractivity contribution in [2.24, 2.45) is 0 Å². The van der Waals surface area contributed by atoms with Crippen LogP contribution in [-0.2, 0) is 11.3 Å². The first kappa shape index (κ1) is 17.9. The van der Waals surface area contributed by atoms with Gasteiger partial charge in [0.2, 0.25) is 5.91 Å². The topological polar surface area (TPSA) is 90.1 Å². The quantitative estimate of drug-likeness (QED) is 0.634. The average molecular weight is 351 g/mol. The number of aryl methyl sites for hydroxylation is 2. The molecule has 2 aromatic rings. The number of carbonyl (C=O) groups is 1. The van der Waals surface area contributed by atoms with E-state index >= 15 is 0 Å². The van der Waals surface area contributed by atoms with Crippen molar-refractivity contribution >= 4 is 28.9 Å². The van der Waals surface area contributed by atoms with E-state index in [1.165, 1.54) is 0 Å². The number of halogens is 1. The van der Waals surface area contributed by atoms with E-state index in [1.807, 2.05) is 6.92 Å². The number of anilines is 1. The van der Waals surface area contributed by atoms with E-state index in [0.29, 0.717) is 35.1 Å². The van der Waals surface area contributed by atoms with Crippen molar-refractivity contribution in [2.75, 3.05) is 5.32 Å². The van der Waals surface area contributed by atoms with Crippen LogP contribution in [0.2, 0.25) is 5.02 Å². The predicted molar refractivity (Wildman–Crippen MR) is 92.4 cm³/mol. The molecule has 1 N–H and O–H groups in total. The Morgan fingerprint density at radius 3 is 2.71 bits per heavy atom. The van der Waals surface area contributed by atoms with Gasteiger partial charge in [-0.15, -0.1) is 0 Å². The molecule has 0 saturated carbocycles. The lowest BCUT2D eigenvalue weighted by molar-refractivity contribution is -0.386. The summed E-state index contributed by atoms with van der Waals surface area (Å²) < 4.78 is 1.57. The van der Waals surface area contributed by atoms with E-state index in [4.69, 9.17) is 11.6 Å². The molecule has 0 spiro atoms. The Labute approximate surface area is 144 Å². The molecule has 0 atom stereocenters. The average Bonchev–Trinajstić information content (AvgIpc) is 2.78. The van der Waals surface area contributed by atoms with E-state index < -0.39 is 4.92 Å². The third-order valence-electron chi connectivity index (χ3n) is 3.84. The van der Waals surface area contributed by atoms with Gasteiger partial charge in [-0.2, -0.15) is 5.10 Å². The summed E-state index contributed by atoms with van der Waals surface area (Å²) in [7, 11) is 0. The van der Waals surface area contributed by atoms with Crippen molar-refractivity contribution in [1.29, 1.82) is 0 Å². The Morgan fingerprint density at radius 1 is 1.38 bits per heavy atom. The first-order valence-electron chi connectivity index (χ1n) is 7.54. The number of nitro groups is 1. The smallest absolute Gasteiger partial charge is 0.312 e. The van der Waals surface area contributed by atoms with Crippen molar-refractivity contribution in [3.63, 3.8) is 0 Å². The number of hydrogen-bond donors (Lipinski definition) is 1. The fourth-order valence-electron chi connectivity index (χ4n) is 2.51. The summed E-state index contributed by atoms with van der Waals surface area (Å²) in [6.45, 7) is 5.55. The number of aromatic nitrogens is 2. The van der Waals surface area contributed by atoms with Crippen LogP contribution in [-0.4, -0.2) is 20.6 Å². The lowest BCUT2D eigenvalue weighted by Gasteiger charge is -2.09. The zero-order valence-corrected chi connectivity index (χ0v) is 14.6. The highest BCUT2D eigenvalue weighted by molar-refractivity contribution is 6.31. The van der Waals surface area contributed by atoms with Gasteiger partial charge in [0, 0.05) is 23.7 Å². The largest absolute Gasteiger partial charge is 0.326 e. The van der Waals surface area contributed by atoms with Gasteiger partial charge in [-0.05, 0) is 44.9 Å². The maximum Gasteiger partial charge on any atom is 0.312 e. The molecule has 1 aromatic carbocycles. The summed E-state index contributed by atoms with van der Waals surface area (Å²) in [6, 6.07) is 5.34. The van der Waals surface area contributed by atoms with Gasteiger partial charge in [-0.1, -0.05) is 17.7 Å². The van der Waals surface area contributed by atoms with Gasteiger partial charge in [0.05, 0.1) is 4.92 Å². The van der Waals surface area contributed by atoms with Crippen LogP contribution in [0.25, 0.3) is 0 Å². The standard InChI is InChI=1S/C16H19ClN4O3/c1-10-13(17)6-4-7-14(10)18-15(22)8-5-9-20-12(3)16(21(23)24)11(2)19-20/h4,6-7H,5,8-9H2,1-3H3,(H,18,22). The first-order chi connectivity index (χ1) is 11.3. The normalized spacial score (nSPS) is 10.7. The molecule has 128 valence electrons. The van der Waals surface area contributed by atoms with Crippen LogP contribution < -0.4 is 5.32 Å². The molecule has 1 amide bonds. The maximum absolute atomic E-state index is 12.0. The number of benzene rings is 1. The second-order valence-electron chi connectivity index (χ2n) is 5.56. The van der Waals surface area contributed by atoms with Crippen LogP contribution in [0.3, 0.4) is 0 Å². The minimum absolute atomic E-state index is 0.0361. The minimum Gasteiger partial charge on any atom is -0.326 e. The Morgan fingerprint density at radius 2 is 2.08 bits per heavy atom. The second kappa shape index (κ2) is 7.44. The van der Waals surface area contributed by atoms with Crippen LogP contribution in [0.4, 0.5) is 11.4 Å². The molecular formula is C16H19ClN4O3. The lowest BCUT2D eigenvalue weighted by atomic mass is 10.2. The summed E-state index contributed by atoms with van der Waals surface area (Å²) in [4.78, 5) is 22.6. The molecule has 0 unspecified atom stereocenters. The Hall–Kier alpha value is -2.41. The van der Waals surface area contributed by atoms with E-state index in [1.54, 1.807) is 36.7 Å². The Balaban J connectivity index is 1.93. The van der Waals surface area contributed by atoms with Crippen LogP contribution in [0.15, 0.2) is 18.2 Å². The van der Waals surface area contributed by atoms with Gasteiger partial charge >= 0.3 is 5.69 Å². The fraction of sp³-hybridized carbons (Fsp3) is 0.375. The fourth-order valence-corrected chi connectivity index (χ4v) is 2.69. The summed E-state index contributed by atoms with van der Waals surface area (Å²) in [5.41, 5.74) is 2.44. The summed E-state index contributed by atoms with van der Waals surface area (Å²) in [5.74, 6) is -0.128. The van der Waals surface area contributed by atoms with Crippen LogP contribution >= 0.6 is 11.6 Å². The molecule has 24 heavy (non-hydrogen) atoms. The highest BCUT2D eigenvalue weighted by Crippen LogP contribution is 2.24. The van der Waals surface area contributed by atoms with Gasteiger partial charge in [-0.3, -0.25) is 19.6 Å². The molecule has 0 radical (unpaired) electrons. The van der Waals surface area contributed by atoms with Crippen LogP contribution in [0.5, 0.6) is 0 Å². The Kier molecular flexibility index (Phi) is 5.56. The molecule has 2 rings (SSSR count). The third-order valence-corrected chi connectivity index (χ3v) is 4.25. The molecule has 0 aliphatic rings. The lowest BCUT2D eigenvalue weighted by Crippen LogP contribution is -2.14. The van der Waals surface area contributed by atoms with Gasteiger partial charge in [0.1, 0.15) is 11.4 Å². The monoisotopic (exact) mass is 350 g/mol. The van der Waals surface area contributed by atoms with E-state index in [0.717, 1.165) is 5.56 Å². The number of hydrogen-bond acceptors (Lipinski definition) is 4. The SMILES string of the molecule is Cc1nn(CCCC(=O)Nc2cccc(Cl)c2C)c(C)c1[N+](=O)[O-]. The number of rotatable bonds is 6. The first-order valence-corrected chi connectivity index (χ1v) is 7.92. The van der Waals surface area contributed by atoms with E-state index in [-0.39, 0.29) is 18.0 Å². The summed E-state index contributed by atoms with van der Waals surface area (Å²) in [6.07, 6.45) is 0.822. The zero-order chi connectivity index (χ0) is 17.9. The molecule has 0 saturated heterocycles. The molecule has 0 aliphatic carbocycles. The molecular weight excluding hydrogens is 332 g/mol. The number of amides is 1. The van der Waals surface area contributed by atoms with Gasteiger partial charge in [0.15, 0.2) is 0 Å². The highest BCUT2D eigenvalue weighted by Gasteiger charge is 2.21.